The van der Waals surface area contributed by atoms with Crippen LogP contribution in [0, 0.1) is 13.8 Å². The molecule has 1 heterocycles. The van der Waals surface area contributed by atoms with Crippen LogP contribution < -0.4 is 14.2 Å². The minimum absolute atomic E-state index is 0.183. The highest BCUT2D eigenvalue weighted by Gasteiger charge is 2.32. The summed E-state index contributed by atoms with van der Waals surface area (Å²) in [6, 6.07) is 9.39. The maximum absolute atomic E-state index is 12.6. The molecule has 0 radical (unpaired) electrons. The van der Waals surface area contributed by atoms with Crippen LogP contribution in [0.1, 0.15) is 27.0 Å². The molecule has 0 N–H and O–H groups in total. The SMILES string of the molecule is COc1cc(OC)c2c(c1)O/C(=C\c1ccc(C)c(C)c1)C2=O. The molecule has 0 fully saturated rings. The average Bonchev–Trinajstić information content (AvgIpc) is 2.86. The van der Waals surface area contributed by atoms with E-state index in [1.807, 2.05) is 25.1 Å². The number of carbonyl (C=O) groups is 1. The summed E-state index contributed by atoms with van der Waals surface area (Å²) in [5, 5.41) is 0. The lowest BCUT2D eigenvalue weighted by Gasteiger charge is -2.07. The lowest BCUT2D eigenvalue weighted by atomic mass is 10.0. The summed E-state index contributed by atoms with van der Waals surface area (Å²) in [6.07, 6.45) is 1.75. The van der Waals surface area contributed by atoms with Crippen LogP contribution in [-0.2, 0) is 0 Å². The maximum atomic E-state index is 12.6. The van der Waals surface area contributed by atoms with Crippen LogP contribution in [0.5, 0.6) is 17.2 Å². The van der Waals surface area contributed by atoms with Crippen molar-refractivity contribution in [3.63, 3.8) is 0 Å². The Bertz CT molecular complexity index is 818. The van der Waals surface area contributed by atoms with E-state index in [9.17, 15) is 4.79 Å². The van der Waals surface area contributed by atoms with Crippen LogP contribution >= 0.6 is 0 Å². The van der Waals surface area contributed by atoms with Gasteiger partial charge >= 0.3 is 0 Å². The molecular formula is C19H18O4. The summed E-state index contributed by atoms with van der Waals surface area (Å²) in [4.78, 5) is 12.6. The number of aryl methyl sites for hydroxylation is 2. The summed E-state index contributed by atoms with van der Waals surface area (Å²) in [7, 11) is 3.08. The number of carbonyl (C=O) groups excluding carboxylic acids is 1. The average molecular weight is 310 g/mol. The minimum Gasteiger partial charge on any atom is -0.496 e. The van der Waals surface area contributed by atoms with Gasteiger partial charge in [-0.25, -0.2) is 0 Å². The number of rotatable bonds is 3. The van der Waals surface area contributed by atoms with E-state index in [0.717, 1.165) is 5.56 Å². The summed E-state index contributed by atoms with van der Waals surface area (Å²) in [5.74, 6) is 1.60. The van der Waals surface area contributed by atoms with Crippen LogP contribution in [0.25, 0.3) is 6.08 Å². The molecule has 0 saturated carbocycles. The molecule has 118 valence electrons. The van der Waals surface area contributed by atoms with Gasteiger partial charge in [-0.1, -0.05) is 18.2 Å². The van der Waals surface area contributed by atoms with Crippen LogP contribution in [0.3, 0.4) is 0 Å². The molecule has 3 rings (SSSR count). The fourth-order valence-corrected chi connectivity index (χ4v) is 2.54. The van der Waals surface area contributed by atoms with Gasteiger partial charge in [0.15, 0.2) is 5.76 Å². The Labute approximate surface area is 135 Å². The minimum atomic E-state index is -0.183. The van der Waals surface area contributed by atoms with Gasteiger partial charge < -0.3 is 14.2 Å². The van der Waals surface area contributed by atoms with Gasteiger partial charge in [0.1, 0.15) is 22.8 Å². The zero-order valence-electron chi connectivity index (χ0n) is 13.6. The lowest BCUT2D eigenvalue weighted by Crippen LogP contribution is -2.00. The quantitative estimate of drug-likeness (QED) is 0.806. The van der Waals surface area contributed by atoms with Gasteiger partial charge in [0.25, 0.3) is 0 Å². The Kier molecular flexibility index (Phi) is 3.82. The Hall–Kier alpha value is -2.75. The second kappa shape index (κ2) is 5.80. The number of hydrogen-bond donors (Lipinski definition) is 0. The van der Waals surface area contributed by atoms with Gasteiger partial charge in [-0.2, -0.15) is 0 Å². The molecule has 2 aromatic rings. The third kappa shape index (κ3) is 2.68. The van der Waals surface area contributed by atoms with Gasteiger partial charge in [-0.15, -0.1) is 0 Å². The molecule has 1 aliphatic rings. The van der Waals surface area contributed by atoms with E-state index in [-0.39, 0.29) is 11.5 Å². The standard InChI is InChI=1S/C19H18O4/c1-11-5-6-13(7-12(11)2)8-17-19(20)18-15(22-4)9-14(21-3)10-16(18)23-17/h5-10H,1-4H3/b17-8-. The van der Waals surface area contributed by atoms with Crippen LogP contribution in [0.15, 0.2) is 36.1 Å². The zero-order chi connectivity index (χ0) is 16.6. The van der Waals surface area contributed by atoms with E-state index in [2.05, 4.69) is 6.92 Å². The van der Waals surface area contributed by atoms with Gasteiger partial charge in [-0.05, 0) is 36.6 Å². The molecule has 1 aliphatic heterocycles. The number of allylic oxidation sites excluding steroid dienone is 1. The highest BCUT2D eigenvalue weighted by atomic mass is 16.5. The highest BCUT2D eigenvalue weighted by Crippen LogP contribution is 2.41. The van der Waals surface area contributed by atoms with Crippen molar-refractivity contribution in [3.05, 3.63) is 58.3 Å². The predicted molar refractivity (Wildman–Crippen MR) is 88.4 cm³/mol. The number of Topliss-reactive ketones (excluding diaryl/α,β-unsaturated/α-hetero) is 1. The van der Waals surface area contributed by atoms with Gasteiger partial charge in [0.2, 0.25) is 5.78 Å². The normalized spacial score (nSPS) is 14.6. The first-order valence-corrected chi connectivity index (χ1v) is 7.31. The third-order valence-corrected chi connectivity index (χ3v) is 3.99. The van der Waals surface area contributed by atoms with Gasteiger partial charge in [0, 0.05) is 12.1 Å². The molecule has 0 spiro atoms. The summed E-state index contributed by atoms with van der Waals surface area (Å²) in [6.45, 7) is 4.09. The number of ether oxygens (including phenoxy) is 3. The smallest absolute Gasteiger partial charge is 0.235 e. The Morgan fingerprint density at radius 1 is 1.00 bits per heavy atom. The van der Waals surface area contributed by atoms with Crippen molar-refractivity contribution >= 4 is 11.9 Å². The largest absolute Gasteiger partial charge is 0.496 e. The van der Waals surface area contributed by atoms with E-state index in [1.165, 1.54) is 18.2 Å². The molecule has 0 saturated heterocycles. The van der Waals surface area contributed by atoms with E-state index < -0.39 is 0 Å². The Morgan fingerprint density at radius 2 is 1.78 bits per heavy atom. The first-order valence-electron chi connectivity index (χ1n) is 7.31. The summed E-state index contributed by atoms with van der Waals surface area (Å²) < 4.78 is 16.2. The second-order valence-electron chi connectivity index (χ2n) is 5.49. The van der Waals surface area contributed by atoms with Gasteiger partial charge in [0.05, 0.1) is 14.2 Å². The number of benzene rings is 2. The molecule has 4 nitrogen and oxygen atoms in total. The molecular weight excluding hydrogens is 292 g/mol. The molecule has 0 unspecified atom stereocenters. The molecule has 2 aromatic carbocycles. The maximum Gasteiger partial charge on any atom is 0.235 e. The van der Waals surface area contributed by atoms with Crippen molar-refractivity contribution in [1.29, 1.82) is 0 Å². The fourth-order valence-electron chi connectivity index (χ4n) is 2.54. The van der Waals surface area contributed by atoms with Crippen LogP contribution in [0.2, 0.25) is 0 Å². The molecule has 4 heteroatoms. The molecule has 0 aliphatic carbocycles. The van der Waals surface area contributed by atoms with E-state index in [0.29, 0.717) is 22.8 Å². The fraction of sp³-hybridized carbons (Fsp3) is 0.211. The summed E-state index contributed by atoms with van der Waals surface area (Å²) in [5.41, 5.74) is 3.74. The number of fused-ring (bicyclic) bond motifs is 1. The monoisotopic (exact) mass is 310 g/mol. The third-order valence-electron chi connectivity index (χ3n) is 3.99. The predicted octanol–water partition coefficient (Wildman–Crippen LogP) is 3.94. The van der Waals surface area contributed by atoms with E-state index >= 15 is 0 Å². The van der Waals surface area contributed by atoms with Gasteiger partial charge in [-0.3, -0.25) is 4.79 Å². The van der Waals surface area contributed by atoms with Crippen LogP contribution in [0.4, 0.5) is 0 Å². The molecule has 0 aromatic heterocycles. The van der Waals surface area contributed by atoms with Crippen molar-refractivity contribution in [1.82, 2.24) is 0 Å². The Balaban J connectivity index is 2.03. The number of ketones is 1. The first-order chi connectivity index (χ1) is 11.0. The summed E-state index contributed by atoms with van der Waals surface area (Å²) >= 11 is 0. The first kappa shape index (κ1) is 15.2. The van der Waals surface area contributed by atoms with Crippen LogP contribution in [-0.4, -0.2) is 20.0 Å². The lowest BCUT2D eigenvalue weighted by molar-refractivity contribution is 0.101. The Morgan fingerprint density at radius 3 is 2.43 bits per heavy atom. The van der Waals surface area contributed by atoms with Crippen molar-refractivity contribution in [3.8, 4) is 17.2 Å². The van der Waals surface area contributed by atoms with Crippen molar-refractivity contribution in [2.45, 2.75) is 13.8 Å². The van der Waals surface area contributed by atoms with E-state index in [4.69, 9.17) is 14.2 Å². The second-order valence-corrected chi connectivity index (χ2v) is 5.49. The van der Waals surface area contributed by atoms with Crippen molar-refractivity contribution in [2.24, 2.45) is 0 Å². The highest BCUT2D eigenvalue weighted by molar-refractivity contribution is 6.16. The molecule has 0 bridgehead atoms. The molecule has 0 amide bonds. The number of methoxy groups -OCH3 is 2. The molecule has 23 heavy (non-hydrogen) atoms. The van der Waals surface area contributed by atoms with Crippen molar-refractivity contribution < 1.29 is 19.0 Å². The zero-order valence-corrected chi connectivity index (χ0v) is 13.6. The topological polar surface area (TPSA) is 44.8 Å². The number of hydrogen-bond acceptors (Lipinski definition) is 4. The van der Waals surface area contributed by atoms with Crippen molar-refractivity contribution in [2.75, 3.05) is 14.2 Å². The molecule has 0 atom stereocenters. The van der Waals surface area contributed by atoms with E-state index in [1.54, 1.807) is 25.3 Å².